The number of rotatable bonds is 7. The van der Waals surface area contributed by atoms with Gasteiger partial charge in [-0.2, -0.15) is 0 Å². The van der Waals surface area contributed by atoms with Crippen LogP contribution in [0, 0.1) is 51.8 Å². The maximum absolute atomic E-state index is 4.62. The smallest absolute Gasteiger partial charge is 0.0219 e. The summed E-state index contributed by atoms with van der Waals surface area (Å²) in [6.45, 7) is 29.0. The molecule has 9 unspecified atom stereocenters. The highest BCUT2D eigenvalue weighted by Gasteiger charge is 2.66. The van der Waals surface area contributed by atoms with E-state index in [1.165, 1.54) is 121 Å². The Kier molecular flexibility index (Phi) is 8.82. The van der Waals surface area contributed by atoms with Gasteiger partial charge in [0.05, 0.1) is 0 Å². The summed E-state index contributed by atoms with van der Waals surface area (Å²) < 4.78 is 0. The van der Waals surface area contributed by atoms with E-state index in [2.05, 4.69) is 77.1 Å². The number of hydrogen-bond acceptors (Lipinski definition) is 2. The number of nitrogens with one attached hydrogen (secondary N) is 1. The number of likely N-dealkylation sites (tertiary alicyclic amines) is 1. The molecule has 6 rings (SSSR count). The SMILES string of the molecule is C=CC=C(C)C1=CCC2(C)C(CCC3(C)C4CCC5(NCCN6CCCCCC6)CCC(C(=C)C)C5C4CCC32)C1(C)C. The maximum atomic E-state index is 4.62. The molecule has 240 valence electrons. The van der Waals surface area contributed by atoms with Crippen molar-refractivity contribution in [1.29, 1.82) is 0 Å². The van der Waals surface area contributed by atoms with Gasteiger partial charge in [0, 0.05) is 18.6 Å². The van der Waals surface area contributed by atoms with E-state index >= 15 is 0 Å². The first kappa shape index (κ1) is 31.8. The van der Waals surface area contributed by atoms with Crippen LogP contribution >= 0.6 is 0 Å². The number of nitrogens with zero attached hydrogens (tertiary/aromatic N) is 1. The van der Waals surface area contributed by atoms with Gasteiger partial charge in [-0.25, -0.2) is 0 Å². The Hall–Kier alpha value is -1.12. The second-order valence-electron chi connectivity index (χ2n) is 17.5. The van der Waals surface area contributed by atoms with E-state index in [9.17, 15) is 0 Å². The first-order valence-electron chi connectivity index (χ1n) is 18.6. The minimum atomic E-state index is 0.226. The average molecular weight is 587 g/mol. The lowest BCUT2D eigenvalue weighted by Gasteiger charge is -2.68. The van der Waals surface area contributed by atoms with E-state index in [4.69, 9.17) is 0 Å². The summed E-state index contributed by atoms with van der Waals surface area (Å²) in [6.07, 6.45) is 25.1. The first-order chi connectivity index (χ1) is 20.5. The van der Waals surface area contributed by atoms with E-state index < -0.39 is 0 Å². The van der Waals surface area contributed by atoms with Crippen LogP contribution in [-0.2, 0) is 0 Å². The minimum Gasteiger partial charge on any atom is -0.310 e. The number of allylic oxidation sites excluding steroid dienone is 6. The van der Waals surface area contributed by atoms with E-state index in [1.54, 1.807) is 5.57 Å². The predicted octanol–water partition coefficient (Wildman–Crippen LogP) is 10.1. The third-order valence-electron chi connectivity index (χ3n) is 15.2. The summed E-state index contributed by atoms with van der Waals surface area (Å²) in [4.78, 5) is 2.76. The summed E-state index contributed by atoms with van der Waals surface area (Å²) in [5, 5.41) is 4.35. The molecule has 0 spiro atoms. The molecule has 0 aromatic carbocycles. The molecule has 1 heterocycles. The molecule has 5 aliphatic carbocycles. The third-order valence-corrected chi connectivity index (χ3v) is 15.2. The maximum Gasteiger partial charge on any atom is 0.0219 e. The molecule has 0 amide bonds. The lowest BCUT2D eigenvalue weighted by molar-refractivity contribution is -0.177. The van der Waals surface area contributed by atoms with Gasteiger partial charge in [0.15, 0.2) is 0 Å². The molecule has 1 aliphatic heterocycles. The van der Waals surface area contributed by atoms with Crippen LogP contribution in [0.1, 0.15) is 125 Å². The highest BCUT2D eigenvalue weighted by Crippen LogP contribution is 2.72. The lowest BCUT2D eigenvalue weighted by Crippen LogP contribution is -2.64. The van der Waals surface area contributed by atoms with Gasteiger partial charge in [0.25, 0.3) is 0 Å². The normalized spacial score (nSPS) is 44.7. The van der Waals surface area contributed by atoms with Gasteiger partial charge < -0.3 is 10.2 Å². The molecular formula is C41H66N2. The quantitative estimate of drug-likeness (QED) is 0.236. The van der Waals surface area contributed by atoms with Crippen molar-refractivity contribution in [2.75, 3.05) is 26.2 Å². The van der Waals surface area contributed by atoms with E-state index in [0.717, 1.165) is 29.6 Å². The zero-order chi connectivity index (χ0) is 30.6. The number of fused-ring (bicyclic) bond motifs is 7. The summed E-state index contributed by atoms with van der Waals surface area (Å²) in [7, 11) is 0. The molecule has 5 fully saturated rings. The zero-order valence-corrected chi connectivity index (χ0v) is 29.1. The van der Waals surface area contributed by atoms with Crippen molar-refractivity contribution in [2.24, 2.45) is 51.8 Å². The van der Waals surface area contributed by atoms with Crippen LogP contribution in [0.25, 0.3) is 0 Å². The lowest BCUT2D eigenvalue weighted by atomic mass is 9.36. The molecule has 2 heteroatoms. The molecule has 0 bridgehead atoms. The second kappa shape index (κ2) is 11.9. The van der Waals surface area contributed by atoms with Crippen molar-refractivity contribution < 1.29 is 0 Å². The van der Waals surface area contributed by atoms with Crippen LogP contribution < -0.4 is 5.32 Å². The molecular weight excluding hydrogens is 520 g/mol. The predicted molar refractivity (Wildman–Crippen MR) is 185 cm³/mol. The number of hydrogen-bond donors (Lipinski definition) is 1. The van der Waals surface area contributed by atoms with E-state index in [1.807, 2.05) is 6.08 Å². The molecule has 0 aromatic rings. The van der Waals surface area contributed by atoms with E-state index in [0.29, 0.717) is 22.3 Å². The van der Waals surface area contributed by atoms with Gasteiger partial charge in [-0.15, -0.1) is 0 Å². The fourth-order valence-electron chi connectivity index (χ4n) is 13.5. The van der Waals surface area contributed by atoms with Crippen molar-refractivity contribution in [3.63, 3.8) is 0 Å². The molecule has 0 radical (unpaired) electrons. The highest BCUT2D eigenvalue weighted by molar-refractivity contribution is 5.40. The van der Waals surface area contributed by atoms with Gasteiger partial charge in [0.2, 0.25) is 0 Å². The molecule has 1 saturated heterocycles. The molecule has 2 nitrogen and oxygen atoms in total. The summed E-state index contributed by atoms with van der Waals surface area (Å²) in [5.74, 6) is 4.85. The van der Waals surface area contributed by atoms with Gasteiger partial charge in [-0.1, -0.05) is 77.5 Å². The van der Waals surface area contributed by atoms with E-state index in [-0.39, 0.29) is 5.41 Å². The Bertz CT molecular complexity index is 1120. The molecule has 9 atom stereocenters. The molecule has 0 aromatic heterocycles. The van der Waals surface area contributed by atoms with Crippen molar-refractivity contribution in [3.05, 3.63) is 48.1 Å². The van der Waals surface area contributed by atoms with Crippen LogP contribution in [-0.4, -0.2) is 36.6 Å². The van der Waals surface area contributed by atoms with Crippen LogP contribution in [0.15, 0.2) is 48.1 Å². The van der Waals surface area contributed by atoms with Gasteiger partial charge in [-0.05, 0) is 160 Å². The molecule has 1 N–H and O–H groups in total. The van der Waals surface area contributed by atoms with Crippen molar-refractivity contribution in [1.82, 2.24) is 10.2 Å². The van der Waals surface area contributed by atoms with Gasteiger partial charge >= 0.3 is 0 Å². The topological polar surface area (TPSA) is 15.3 Å². The Morgan fingerprint density at radius 1 is 0.907 bits per heavy atom. The van der Waals surface area contributed by atoms with Crippen LogP contribution in [0.4, 0.5) is 0 Å². The Labute approximate surface area is 266 Å². The minimum absolute atomic E-state index is 0.226. The van der Waals surface area contributed by atoms with Crippen LogP contribution in [0.3, 0.4) is 0 Å². The highest BCUT2D eigenvalue weighted by atomic mass is 15.1. The van der Waals surface area contributed by atoms with Crippen LogP contribution in [0.2, 0.25) is 0 Å². The van der Waals surface area contributed by atoms with Crippen LogP contribution in [0.5, 0.6) is 0 Å². The Morgan fingerprint density at radius 3 is 2.33 bits per heavy atom. The van der Waals surface area contributed by atoms with Crippen molar-refractivity contribution in [2.45, 2.75) is 131 Å². The summed E-state index contributed by atoms with van der Waals surface area (Å²) >= 11 is 0. The van der Waals surface area contributed by atoms with Gasteiger partial charge in [0.1, 0.15) is 0 Å². The van der Waals surface area contributed by atoms with Crippen molar-refractivity contribution >= 4 is 0 Å². The van der Waals surface area contributed by atoms with Crippen molar-refractivity contribution in [3.8, 4) is 0 Å². The fourth-order valence-corrected chi connectivity index (χ4v) is 13.5. The third kappa shape index (κ3) is 5.21. The standard InChI is InChI=1S/C41H66N2/c1-9-14-30(4)33-18-21-40(8)35(38(33,5)6)20-22-39(7)34-19-24-41(42-25-28-43-26-12-10-11-13-27-43)23-17-31(29(2)3)37(41)32(34)15-16-36(39)40/h9,14,18,31-32,34-37,42H,1-2,10-13,15-17,19-28H2,3-8H3. The summed E-state index contributed by atoms with van der Waals surface area (Å²) in [6, 6.07) is 0. The fraction of sp³-hybridized carbons (Fsp3) is 0.805. The Morgan fingerprint density at radius 2 is 1.63 bits per heavy atom. The largest absolute Gasteiger partial charge is 0.310 e. The molecule has 6 aliphatic rings. The first-order valence-corrected chi connectivity index (χ1v) is 18.6. The average Bonchev–Trinajstić information content (AvgIpc) is 3.15. The second-order valence-corrected chi connectivity index (χ2v) is 17.5. The zero-order valence-electron chi connectivity index (χ0n) is 29.1. The monoisotopic (exact) mass is 587 g/mol. The van der Waals surface area contributed by atoms with Gasteiger partial charge in [-0.3, -0.25) is 0 Å². The summed E-state index contributed by atoms with van der Waals surface area (Å²) in [5.41, 5.74) is 5.95. The molecule has 4 saturated carbocycles. The molecule has 43 heavy (non-hydrogen) atoms. The Balaban J connectivity index is 1.25.